The molecule has 2 N–H and O–H groups in total. The number of benzene rings is 3. The molecule has 148 valence electrons. The largest absolute Gasteiger partial charge is 0.507 e. The third-order valence-electron chi connectivity index (χ3n) is 3.99. The second-order valence-corrected chi connectivity index (χ2v) is 7.87. The van der Waals surface area contributed by atoms with Gasteiger partial charge >= 0.3 is 0 Å². The van der Waals surface area contributed by atoms with E-state index in [2.05, 4.69) is 10.5 Å². The first-order valence-electron chi connectivity index (χ1n) is 8.71. The van der Waals surface area contributed by atoms with Gasteiger partial charge in [0.1, 0.15) is 12.3 Å². The number of nitrogens with one attached hydrogen (secondary N) is 1. The zero-order valence-electron chi connectivity index (χ0n) is 15.3. The first-order chi connectivity index (χ1) is 14.0. The molecule has 0 unspecified atom stereocenters. The van der Waals surface area contributed by atoms with Gasteiger partial charge in [-0.15, -0.1) is 0 Å². The molecule has 0 heterocycles. The predicted octanol–water partition coefficient (Wildman–Crippen LogP) is 2.74. The van der Waals surface area contributed by atoms with Gasteiger partial charge in [-0.1, -0.05) is 48.5 Å². The fraction of sp³-hybridized carbons (Fsp3) is 0.0476. The normalized spacial score (nSPS) is 11.3. The zero-order chi connectivity index (χ0) is 20.7. The minimum atomic E-state index is -3.95. The van der Waals surface area contributed by atoms with E-state index in [1.54, 1.807) is 66.7 Å². The number of amides is 1. The summed E-state index contributed by atoms with van der Waals surface area (Å²) in [7, 11) is -3.95. The quantitative estimate of drug-likeness (QED) is 0.463. The van der Waals surface area contributed by atoms with Crippen molar-refractivity contribution in [1.82, 2.24) is 5.43 Å². The average Bonchev–Trinajstić information content (AvgIpc) is 2.74. The van der Waals surface area contributed by atoms with Crippen LogP contribution in [0.2, 0.25) is 0 Å². The van der Waals surface area contributed by atoms with Gasteiger partial charge in [0.25, 0.3) is 15.9 Å². The lowest BCUT2D eigenvalue weighted by molar-refractivity contribution is -0.119. The Labute approximate surface area is 169 Å². The van der Waals surface area contributed by atoms with Crippen molar-refractivity contribution in [3.05, 3.63) is 90.5 Å². The number of sulfonamides is 1. The number of carbonyl (C=O) groups is 1. The molecule has 8 heteroatoms. The van der Waals surface area contributed by atoms with Crippen molar-refractivity contribution in [3.8, 4) is 5.75 Å². The van der Waals surface area contributed by atoms with Crippen LogP contribution < -0.4 is 9.73 Å². The first kappa shape index (κ1) is 20.1. The molecule has 0 atom stereocenters. The van der Waals surface area contributed by atoms with E-state index in [1.165, 1.54) is 24.4 Å². The molecular formula is C21H19N3O4S. The lowest BCUT2D eigenvalue weighted by atomic mass is 10.2. The minimum absolute atomic E-state index is 0.0167. The Hall–Kier alpha value is -3.65. The number of phenols is 1. The van der Waals surface area contributed by atoms with Gasteiger partial charge in [-0.2, -0.15) is 5.10 Å². The molecule has 0 saturated heterocycles. The molecule has 0 radical (unpaired) electrons. The van der Waals surface area contributed by atoms with E-state index in [0.717, 1.165) is 4.31 Å². The smallest absolute Gasteiger partial charge is 0.264 e. The van der Waals surface area contributed by atoms with E-state index < -0.39 is 22.5 Å². The summed E-state index contributed by atoms with van der Waals surface area (Å²) in [6.07, 6.45) is 1.28. The van der Waals surface area contributed by atoms with Crippen LogP contribution in [0.3, 0.4) is 0 Å². The summed E-state index contributed by atoms with van der Waals surface area (Å²) in [4.78, 5) is 12.5. The van der Waals surface area contributed by atoms with Gasteiger partial charge in [0, 0.05) is 5.56 Å². The lowest BCUT2D eigenvalue weighted by Crippen LogP contribution is -2.39. The Morgan fingerprint density at radius 1 is 0.931 bits per heavy atom. The number of hydrogen-bond acceptors (Lipinski definition) is 5. The molecular weight excluding hydrogens is 390 g/mol. The van der Waals surface area contributed by atoms with E-state index in [1.807, 2.05) is 0 Å². The third-order valence-corrected chi connectivity index (χ3v) is 5.78. The predicted molar refractivity (Wildman–Crippen MR) is 111 cm³/mol. The van der Waals surface area contributed by atoms with Crippen molar-refractivity contribution in [1.29, 1.82) is 0 Å². The van der Waals surface area contributed by atoms with E-state index >= 15 is 0 Å². The fourth-order valence-corrected chi connectivity index (χ4v) is 4.01. The van der Waals surface area contributed by atoms with Crippen LogP contribution in [0.25, 0.3) is 0 Å². The van der Waals surface area contributed by atoms with Crippen LogP contribution in [-0.4, -0.2) is 32.2 Å². The molecule has 0 aromatic heterocycles. The van der Waals surface area contributed by atoms with Crippen LogP contribution in [0.5, 0.6) is 5.75 Å². The van der Waals surface area contributed by atoms with Crippen LogP contribution in [0, 0.1) is 0 Å². The molecule has 3 aromatic rings. The first-order valence-corrected chi connectivity index (χ1v) is 10.2. The number of hydrazone groups is 1. The summed E-state index contributed by atoms with van der Waals surface area (Å²) in [6, 6.07) is 22.8. The Kier molecular flexibility index (Phi) is 6.25. The number of para-hydroxylation sites is 2. The van der Waals surface area contributed by atoms with Gasteiger partial charge in [-0.05, 0) is 36.4 Å². The Bertz CT molecular complexity index is 1100. The SMILES string of the molecule is O=C(CN(c1ccccc1)S(=O)(=O)c1ccccc1)NN=Cc1ccccc1O. The number of aromatic hydroxyl groups is 1. The molecule has 0 aliphatic carbocycles. The molecule has 0 aliphatic rings. The fourth-order valence-electron chi connectivity index (χ4n) is 2.57. The Balaban J connectivity index is 1.81. The second-order valence-electron chi connectivity index (χ2n) is 6.01. The number of nitrogens with zero attached hydrogens (tertiary/aromatic N) is 2. The molecule has 29 heavy (non-hydrogen) atoms. The number of carbonyl (C=O) groups excluding carboxylic acids is 1. The molecule has 0 bridgehead atoms. The maximum Gasteiger partial charge on any atom is 0.264 e. The van der Waals surface area contributed by atoms with Crippen LogP contribution in [0.4, 0.5) is 5.69 Å². The monoisotopic (exact) mass is 409 g/mol. The van der Waals surface area contributed by atoms with Gasteiger partial charge in [0.05, 0.1) is 16.8 Å². The highest BCUT2D eigenvalue weighted by Gasteiger charge is 2.26. The highest BCUT2D eigenvalue weighted by atomic mass is 32.2. The van der Waals surface area contributed by atoms with Crippen LogP contribution in [0.1, 0.15) is 5.56 Å². The highest BCUT2D eigenvalue weighted by molar-refractivity contribution is 7.92. The molecule has 0 aliphatic heterocycles. The number of phenolic OH excluding ortho intramolecular Hbond substituents is 1. The summed E-state index contributed by atoms with van der Waals surface area (Å²) >= 11 is 0. The zero-order valence-corrected chi connectivity index (χ0v) is 16.2. The molecule has 0 fully saturated rings. The Morgan fingerprint density at radius 3 is 2.17 bits per heavy atom. The van der Waals surface area contributed by atoms with Crippen LogP contribution in [-0.2, 0) is 14.8 Å². The van der Waals surface area contributed by atoms with E-state index in [-0.39, 0.29) is 10.6 Å². The maximum atomic E-state index is 13.1. The number of rotatable bonds is 7. The lowest BCUT2D eigenvalue weighted by Gasteiger charge is -2.23. The average molecular weight is 409 g/mol. The maximum absolute atomic E-state index is 13.1. The standard InChI is InChI=1S/C21H19N3O4S/c25-20-14-8-7-9-17(20)15-22-23-21(26)16-24(18-10-3-1-4-11-18)29(27,28)19-12-5-2-6-13-19/h1-15,25H,16H2,(H,23,26). The summed E-state index contributed by atoms with van der Waals surface area (Å²) in [5, 5.41) is 13.5. The highest BCUT2D eigenvalue weighted by Crippen LogP contribution is 2.23. The Morgan fingerprint density at radius 2 is 1.52 bits per heavy atom. The third kappa shape index (κ3) is 4.99. The molecule has 1 amide bonds. The number of anilines is 1. The van der Waals surface area contributed by atoms with Crippen LogP contribution >= 0.6 is 0 Å². The summed E-state index contributed by atoms with van der Waals surface area (Å²) in [5.74, 6) is -0.608. The van der Waals surface area contributed by atoms with E-state index in [9.17, 15) is 18.3 Å². The molecule has 7 nitrogen and oxygen atoms in total. The van der Waals surface area contributed by atoms with Gasteiger partial charge in [0.2, 0.25) is 0 Å². The minimum Gasteiger partial charge on any atom is -0.507 e. The van der Waals surface area contributed by atoms with Crippen molar-refractivity contribution < 1.29 is 18.3 Å². The molecule has 0 saturated carbocycles. The molecule has 3 rings (SSSR count). The summed E-state index contributed by atoms with van der Waals surface area (Å²) in [6.45, 7) is -0.459. The van der Waals surface area contributed by atoms with Crippen molar-refractivity contribution >= 4 is 27.8 Å². The van der Waals surface area contributed by atoms with Crippen LogP contribution in [0.15, 0.2) is 94.9 Å². The van der Waals surface area contributed by atoms with Crippen molar-refractivity contribution in [2.45, 2.75) is 4.90 Å². The summed E-state index contributed by atoms with van der Waals surface area (Å²) in [5.41, 5.74) is 3.07. The number of hydrogen-bond donors (Lipinski definition) is 2. The summed E-state index contributed by atoms with van der Waals surface area (Å²) < 4.78 is 27.2. The van der Waals surface area contributed by atoms with E-state index in [0.29, 0.717) is 11.3 Å². The van der Waals surface area contributed by atoms with E-state index in [4.69, 9.17) is 0 Å². The van der Waals surface area contributed by atoms with Gasteiger partial charge in [0.15, 0.2) is 0 Å². The van der Waals surface area contributed by atoms with Crippen molar-refractivity contribution in [2.24, 2.45) is 5.10 Å². The second kappa shape index (κ2) is 9.03. The molecule has 0 spiro atoms. The van der Waals surface area contributed by atoms with Gasteiger partial charge < -0.3 is 5.11 Å². The topological polar surface area (TPSA) is 99.1 Å². The van der Waals surface area contributed by atoms with Gasteiger partial charge in [-0.25, -0.2) is 13.8 Å². The van der Waals surface area contributed by atoms with Crippen molar-refractivity contribution in [2.75, 3.05) is 10.8 Å². The van der Waals surface area contributed by atoms with Crippen molar-refractivity contribution in [3.63, 3.8) is 0 Å². The molecule has 3 aromatic carbocycles. The van der Waals surface area contributed by atoms with Gasteiger partial charge in [-0.3, -0.25) is 9.10 Å².